The van der Waals surface area contributed by atoms with Crippen molar-refractivity contribution in [1.29, 1.82) is 0 Å². The van der Waals surface area contributed by atoms with Gasteiger partial charge in [0.1, 0.15) is 11.4 Å². The Balaban J connectivity index is 1.31. The largest absolute Gasteiger partial charge is 0.379 e. The average molecular weight is 447 g/mol. The van der Waals surface area contributed by atoms with Gasteiger partial charge in [0.2, 0.25) is 5.91 Å². The van der Waals surface area contributed by atoms with E-state index in [1.54, 1.807) is 30.0 Å². The van der Waals surface area contributed by atoms with Gasteiger partial charge in [-0.05, 0) is 37.3 Å². The van der Waals surface area contributed by atoms with Crippen LogP contribution in [0.1, 0.15) is 25.3 Å². The molecule has 1 aromatic carbocycles. The van der Waals surface area contributed by atoms with Crippen molar-refractivity contribution in [3.8, 4) is 0 Å². The number of imide groups is 1. The number of morpholine rings is 1. The number of carbonyl (C=O) groups excluding carboxylic acids is 3. The molecule has 8 nitrogen and oxygen atoms in total. The molecule has 4 rings (SSSR count). The third-order valence-electron chi connectivity index (χ3n) is 7.01. The molecule has 1 aromatic rings. The third kappa shape index (κ3) is 4.63. The van der Waals surface area contributed by atoms with Crippen molar-refractivity contribution in [2.45, 2.75) is 31.7 Å². The van der Waals surface area contributed by atoms with Crippen molar-refractivity contribution in [2.24, 2.45) is 5.92 Å². The minimum atomic E-state index is -0.956. The van der Waals surface area contributed by atoms with Gasteiger partial charge < -0.3 is 15.0 Å². The molecular formula is C23H31FN4O4. The summed E-state index contributed by atoms with van der Waals surface area (Å²) in [6, 6.07) is 5.96. The zero-order chi connectivity index (χ0) is 22.7. The van der Waals surface area contributed by atoms with Crippen molar-refractivity contribution >= 4 is 17.8 Å². The second kappa shape index (κ2) is 9.54. The maximum Gasteiger partial charge on any atom is 0.325 e. The zero-order valence-electron chi connectivity index (χ0n) is 18.5. The number of piperidine rings is 1. The van der Waals surface area contributed by atoms with E-state index in [1.807, 2.05) is 0 Å². The average Bonchev–Trinajstić information content (AvgIpc) is 3.03. The Labute approximate surface area is 187 Å². The van der Waals surface area contributed by atoms with Gasteiger partial charge in [-0.2, -0.15) is 0 Å². The lowest BCUT2D eigenvalue weighted by Crippen LogP contribution is -2.54. The number of amides is 4. The van der Waals surface area contributed by atoms with E-state index in [-0.39, 0.29) is 36.0 Å². The number of likely N-dealkylation sites (tertiary alicyclic amines) is 1. The van der Waals surface area contributed by atoms with Crippen LogP contribution < -0.4 is 5.32 Å². The van der Waals surface area contributed by atoms with Crippen molar-refractivity contribution in [1.82, 2.24) is 20.0 Å². The summed E-state index contributed by atoms with van der Waals surface area (Å²) in [5.74, 6) is -0.732. The number of halogens is 1. The summed E-state index contributed by atoms with van der Waals surface area (Å²) in [4.78, 5) is 43.6. The Bertz CT molecular complexity index is 867. The highest BCUT2D eigenvalue weighted by Gasteiger charge is 2.52. The van der Waals surface area contributed by atoms with E-state index in [1.165, 1.54) is 11.0 Å². The predicted molar refractivity (Wildman–Crippen MR) is 115 cm³/mol. The van der Waals surface area contributed by atoms with E-state index in [0.717, 1.165) is 13.1 Å². The highest BCUT2D eigenvalue weighted by Crippen LogP contribution is 2.33. The normalized spacial score (nSPS) is 25.3. The number of benzene rings is 1. The van der Waals surface area contributed by atoms with Gasteiger partial charge in [0.05, 0.1) is 19.6 Å². The SMILES string of the molecule is C[C@@]1(C2CCN(C(=O)Cc3ccccc3F)CC2)NC(=O)N(CCN2CCOCC2)C1=O. The van der Waals surface area contributed by atoms with Crippen LogP contribution in [0.2, 0.25) is 0 Å². The molecule has 3 aliphatic rings. The number of nitrogens with zero attached hydrogens (tertiary/aromatic N) is 3. The summed E-state index contributed by atoms with van der Waals surface area (Å²) in [6.07, 6.45) is 1.26. The Kier molecular flexibility index (Phi) is 6.76. The second-order valence-corrected chi connectivity index (χ2v) is 8.97. The van der Waals surface area contributed by atoms with Crippen molar-refractivity contribution in [2.75, 3.05) is 52.5 Å². The Hall–Kier alpha value is -2.52. The van der Waals surface area contributed by atoms with E-state index < -0.39 is 5.54 Å². The van der Waals surface area contributed by atoms with E-state index in [9.17, 15) is 18.8 Å². The number of urea groups is 1. The van der Waals surface area contributed by atoms with Crippen LogP contribution in [-0.4, -0.2) is 90.6 Å². The molecule has 0 bridgehead atoms. The molecule has 4 amide bonds. The summed E-state index contributed by atoms with van der Waals surface area (Å²) in [5, 5.41) is 2.92. The number of rotatable bonds is 6. The molecule has 174 valence electrons. The van der Waals surface area contributed by atoms with Crippen molar-refractivity contribution < 1.29 is 23.5 Å². The summed E-state index contributed by atoms with van der Waals surface area (Å²) < 4.78 is 19.2. The summed E-state index contributed by atoms with van der Waals surface area (Å²) in [7, 11) is 0. The monoisotopic (exact) mass is 446 g/mol. The third-order valence-corrected chi connectivity index (χ3v) is 7.01. The number of hydrogen-bond donors (Lipinski definition) is 1. The lowest BCUT2D eigenvalue weighted by Gasteiger charge is -2.39. The minimum Gasteiger partial charge on any atom is -0.379 e. The smallest absolute Gasteiger partial charge is 0.325 e. The molecular weight excluding hydrogens is 415 g/mol. The molecule has 0 radical (unpaired) electrons. The van der Waals surface area contributed by atoms with Gasteiger partial charge in [-0.1, -0.05) is 18.2 Å². The van der Waals surface area contributed by atoms with Crippen LogP contribution in [0.3, 0.4) is 0 Å². The topological polar surface area (TPSA) is 82.2 Å². The number of ether oxygens (including phenoxy) is 1. The van der Waals surface area contributed by atoms with Gasteiger partial charge in [-0.25, -0.2) is 9.18 Å². The second-order valence-electron chi connectivity index (χ2n) is 8.97. The first kappa shape index (κ1) is 22.7. The molecule has 1 N–H and O–H groups in total. The molecule has 3 saturated heterocycles. The molecule has 1 atom stereocenters. The number of carbonyl (C=O) groups is 3. The van der Waals surface area contributed by atoms with Crippen LogP contribution in [0.4, 0.5) is 9.18 Å². The van der Waals surface area contributed by atoms with Gasteiger partial charge in [0.25, 0.3) is 5.91 Å². The molecule has 9 heteroatoms. The molecule has 0 unspecified atom stereocenters. The quantitative estimate of drug-likeness (QED) is 0.666. The molecule has 0 saturated carbocycles. The highest BCUT2D eigenvalue weighted by molar-refractivity contribution is 6.07. The Morgan fingerprint density at radius 2 is 1.81 bits per heavy atom. The molecule has 3 aliphatic heterocycles. The van der Waals surface area contributed by atoms with E-state index in [4.69, 9.17) is 4.74 Å². The standard InChI is InChI=1S/C23H31FN4O4/c1-23(21(30)28(22(31)25-23)11-10-26-12-14-32-15-13-26)18-6-8-27(9-7-18)20(29)16-17-4-2-3-5-19(17)24/h2-5,18H,6-16H2,1H3,(H,25,31)/t23-/m0/s1. The molecule has 3 heterocycles. The molecule has 0 spiro atoms. The van der Waals surface area contributed by atoms with E-state index in [2.05, 4.69) is 10.2 Å². The van der Waals surface area contributed by atoms with Crippen molar-refractivity contribution in [3.63, 3.8) is 0 Å². The fourth-order valence-corrected chi connectivity index (χ4v) is 4.88. The summed E-state index contributed by atoms with van der Waals surface area (Å²) >= 11 is 0. The molecule has 32 heavy (non-hydrogen) atoms. The first-order valence-corrected chi connectivity index (χ1v) is 11.3. The predicted octanol–water partition coefficient (Wildman–Crippen LogP) is 1.25. The highest BCUT2D eigenvalue weighted by atomic mass is 19.1. The summed E-state index contributed by atoms with van der Waals surface area (Å²) in [6.45, 7) is 6.74. The minimum absolute atomic E-state index is 0.0274. The first-order valence-electron chi connectivity index (χ1n) is 11.3. The molecule has 0 aliphatic carbocycles. The van der Waals surface area contributed by atoms with Crippen LogP contribution in [0.15, 0.2) is 24.3 Å². The van der Waals surface area contributed by atoms with Crippen molar-refractivity contribution in [3.05, 3.63) is 35.6 Å². The molecule has 0 aromatic heterocycles. The van der Waals surface area contributed by atoms with Crippen LogP contribution >= 0.6 is 0 Å². The van der Waals surface area contributed by atoms with Gasteiger partial charge in [0.15, 0.2) is 0 Å². The lowest BCUT2D eigenvalue weighted by molar-refractivity contribution is -0.135. The number of hydrogen-bond acceptors (Lipinski definition) is 5. The maximum absolute atomic E-state index is 13.9. The van der Waals surface area contributed by atoms with Gasteiger partial charge in [-0.3, -0.25) is 19.4 Å². The van der Waals surface area contributed by atoms with E-state index in [0.29, 0.717) is 57.8 Å². The van der Waals surface area contributed by atoms with Crippen LogP contribution in [-0.2, 0) is 20.7 Å². The molecule has 3 fully saturated rings. The Morgan fingerprint density at radius 1 is 1.12 bits per heavy atom. The van der Waals surface area contributed by atoms with Crippen LogP contribution in [0, 0.1) is 11.7 Å². The fourth-order valence-electron chi connectivity index (χ4n) is 4.88. The van der Waals surface area contributed by atoms with Gasteiger partial charge in [0, 0.05) is 39.3 Å². The van der Waals surface area contributed by atoms with Gasteiger partial charge in [-0.15, -0.1) is 0 Å². The van der Waals surface area contributed by atoms with Gasteiger partial charge >= 0.3 is 6.03 Å². The fraction of sp³-hybridized carbons (Fsp3) is 0.609. The Morgan fingerprint density at radius 3 is 2.50 bits per heavy atom. The lowest BCUT2D eigenvalue weighted by atomic mass is 9.79. The van der Waals surface area contributed by atoms with E-state index >= 15 is 0 Å². The number of nitrogens with one attached hydrogen (secondary N) is 1. The maximum atomic E-state index is 13.9. The summed E-state index contributed by atoms with van der Waals surface area (Å²) in [5.41, 5.74) is -0.566. The van der Waals surface area contributed by atoms with Crippen LogP contribution in [0.5, 0.6) is 0 Å². The van der Waals surface area contributed by atoms with Crippen LogP contribution in [0.25, 0.3) is 0 Å². The first-order chi connectivity index (χ1) is 15.4. The zero-order valence-corrected chi connectivity index (χ0v) is 18.5.